The molecule has 8 heteroatoms. The quantitative estimate of drug-likeness (QED) is 0.704. The molecule has 0 saturated heterocycles. The van der Waals surface area contributed by atoms with Gasteiger partial charge in [0.2, 0.25) is 0 Å². The molecule has 20 heavy (non-hydrogen) atoms. The van der Waals surface area contributed by atoms with Crippen molar-refractivity contribution in [3.8, 4) is 0 Å². The minimum Gasteiger partial charge on any atom is -0.383 e. The number of carbonyl (C=O) groups is 1. The van der Waals surface area contributed by atoms with Gasteiger partial charge < -0.3 is 5.73 Å². The molecule has 0 bridgehead atoms. The third-order valence-electron chi connectivity index (χ3n) is 2.80. The predicted molar refractivity (Wildman–Crippen MR) is 72.9 cm³/mol. The molecule has 3 N–H and O–H groups in total. The first-order valence-corrected chi connectivity index (χ1v) is 5.84. The highest BCUT2D eigenvalue weighted by molar-refractivity contribution is 6.13. The van der Waals surface area contributed by atoms with Gasteiger partial charge >= 0.3 is 0 Å². The molecule has 1 aromatic carbocycles. The number of rotatable bonds is 2. The number of nitrogen functional groups attached to an aromatic ring is 1. The number of carbonyl (C=O) groups excluding carboxylic acids is 1. The topological polar surface area (TPSA) is 112 Å². The van der Waals surface area contributed by atoms with Gasteiger partial charge in [-0.3, -0.25) is 10.1 Å². The lowest BCUT2D eigenvalue weighted by molar-refractivity contribution is 0.102. The van der Waals surface area contributed by atoms with Gasteiger partial charge in [0.25, 0.3) is 11.9 Å². The number of nitrogens with one attached hydrogen (secondary N) is 1. The number of benzene rings is 1. The van der Waals surface area contributed by atoms with E-state index in [2.05, 4.69) is 25.7 Å². The fourth-order valence-corrected chi connectivity index (χ4v) is 1.90. The molecule has 1 amide bonds. The average Bonchev–Trinajstić information content (AvgIpc) is 2.84. The molecule has 100 valence electrons. The minimum absolute atomic E-state index is 0.137. The van der Waals surface area contributed by atoms with Crippen LogP contribution in [0.5, 0.6) is 0 Å². The van der Waals surface area contributed by atoms with E-state index in [4.69, 9.17) is 5.73 Å². The molecule has 0 aliphatic heterocycles. The Labute approximate surface area is 113 Å². The van der Waals surface area contributed by atoms with Gasteiger partial charge in [-0.15, -0.1) is 5.10 Å². The van der Waals surface area contributed by atoms with Crippen LogP contribution in [0.15, 0.2) is 30.5 Å². The van der Waals surface area contributed by atoms with E-state index in [1.165, 1.54) is 11.0 Å². The molecule has 0 radical (unpaired) electrons. The zero-order chi connectivity index (χ0) is 14.1. The molecular formula is C12H11N7O. The van der Waals surface area contributed by atoms with Crippen molar-refractivity contribution in [3.05, 3.63) is 36.0 Å². The fraction of sp³-hybridized carbons (Fsp3) is 0.0833. The number of nitrogens with zero attached hydrogens (tertiary/aromatic N) is 5. The number of aromatic nitrogens is 5. The molecular weight excluding hydrogens is 258 g/mol. The van der Waals surface area contributed by atoms with Crippen LogP contribution in [0.25, 0.3) is 10.8 Å². The molecule has 0 atom stereocenters. The summed E-state index contributed by atoms with van der Waals surface area (Å²) in [7, 11) is 1.61. The van der Waals surface area contributed by atoms with E-state index in [9.17, 15) is 4.79 Å². The van der Waals surface area contributed by atoms with Crippen LogP contribution in [0, 0.1) is 0 Å². The van der Waals surface area contributed by atoms with Gasteiger partial charge in [0.05, 0.1) is 12.6 Å². The highest BCUT2D eigenvalue weighted by atomic mass is 16.1. The SMILES string of the molecule is Cn1nnc(NC(=O)c2cnc(N)c3ccccc23)n1. The van der Waals surface area contributed by atoms with Crippen LogP contribution >= 0.6 is 0 Å². The first-order chi connectivity index (χ1) is 9.65. The van der Waals surface area contributed by atoms with Crippen molar-refractivity contribution in [3.63, 3.8) is 0 Å². The molecule has 0 fully saturated rings. The number of nitrogens with two attached hydrogens (primary N) is 1. The first-order valence-electron chi connectivity index (χ1n) is 5.84. The van der Waals surface area contributed by atoms with Gasteiger partial charge in [-0.1, -0.05) is 29.4 Å². The van der Waals surface area contributed by atoms with Gasteiger partial charge in [0.1, 0.15) is 5.82 Å². The van der Waals surface area contributed by atoms with E-state index in [0.29, 0.717) is 11.4 Å². The number of amides is 1. The Hall–Kier alpha value is -3.03. The van der Waals surface area contributed by atoms with Crippen molar-refractivity contribution in [2.75, 3.05) is 11.1 Å². The third kappa shape index (κ3) is 2.03. The Morgan fingerprint density at radius 2 is 2.05 bits per heavy atom. The monoisotopic (exact) mass is 269 g/mol. The third-order valence-corrected chi connectivity index (χ3v) is 2.80. The van der Waals surface area contributed by atoms with Crippen LogP contribution in [0.4, 0.5) is 11.8 Å². The number of fused-ring (bicyclic) bond motifs is 1. The number of hydrogen-bond donors (Lipinski definition) is 2. The highest BCUT2D eigenvalue weighted by Gasteiger charge is 2.14. The molecule has 0 saturated carbocycles. The van der Waals surface area contributed by atoms with E-state index in [1.807, 2.05) is 24.3 Å². The second-order valence-corrected chi connectivity index (χ2v) is 4.16. The van der Waals surface area contributed by atoms with E-state index < -0.39 is 0 Å². The molecule has 0 aliphatic carbocycles. The van der Waals surface area contributed by atoms with Crippen LogP contribution in [-0.2, 0) is 7.05 Å². The van der Waals surface area contributed by atoms with Gasteiger partial charge in [0.15, 0.2) is 0 Å². The molecule has 0 unspecified atom stereocenters. The maximum absolute atomic E-state index is 12.2. The summed E-state index contributed by atoms with van der Waals surface area (Å²) in [6.07, 6.45) is 1.43. The normalized spacial score (nSPS) is 10.7. The van der Waals surface area contributed by atoms with Gasteiger partial charge in [-0.25, -0.2) is 4.98 Å². The second-order valence-electron chi connectivity index (χ2n) is 4.16. The zero-order valence-electron chi connectivity index (χ0n) is 10.6. The summed E-state index contributed by atoms with van der Waals surface area (Å²) >= 11 is 0. The highest BCUT2D eigenvalue weighted by Crippen LogP contribution is 2.22. The van der Waals surface area contributed by atoms with Crippen LogP contribution in [-0.4, -0.2) is 31.1 Å². The molecule has 0 aliphatic rings. The number of aryl methyl sites for hydroxylation is 1. The predicted octanol–water partition coefficient (Wildman–Crippen LogP) is 0.593. The van der Waals surface area contributed by atoms with Crippen LogP contribution in [0.3, 0.4) is 0 Å². The first kappa shape index (κ1) is 12.0. The molecule has 3 rings (SSSR count). The Morgan fingerprint density at radius 3 is 2.75 bits per heavy atom. The van der Waals surface area contributed by atoms with Crippen molar-refractivity contribution in [1.82, 2.24) is 25.2 Å². The smallest absolute Gasteiger partial charge is 0.270 e. The number of tetrazole rings is 1. The Balaban J connectivity index is 2.01. The molecule has 3 aromatic rings. The molecule has 0 spiro atoms. The summed E-state index contributed by atoms with van der Waals surface area (Å²) in [6.45, 7) is 0. The van der Waals surface area contributed by atoms with Crippen LogP contribution in [0.1, 0.15) is 10.4 Å². The number of anilines is 2. The van der Waals surface area contributed by atoms with Gasteiger partial charge in [-0.2, -0.15) is 4.80 Å². The molecule has 2 heterocycles. The van der Waals surface area contributed by atoms with Crippen LogP contribution < -0.4 is 11.1 Å². The minimum atomic E-state index is -0.360. The Bertz CT molecular complexity index is 795. The lowest BCUT2D eigenvalue weighted by Crippen LogP contribution is -2.14. The molecule has 8 nitrogen and oxygen atoms in total. The van der Waals surface area contributed by atoms with E-state index in [0.717, 1.165) is 10.8 Å². The van der Waals surface area contributed by atoms with E-state index in [1.54, 1.807) is 7.05 Å². The summed E-state index contributed by atoms with van der Waals surface area (Å²) in [6, 6.07) is 7.30. The van der Waals surface area contributed by atoms with Crippen molar-refractivity contribution < 1.29 is 4.79 Å². The zero-order valence-corrected chi connectivity index (χ0v) is 10.6. The Kier molecular flexibility index (Phi) is 2.75. The van der Waals surface area contributed by atoms with Crippen molar-refractivity contribution in [1.29, 1.82) is 0 Å². The summed E-state index contributed by atoms with van der Waals surface area (Å²) in [5, 5.41) is 15.3. The largest absolute Gasteiger partial charge is 0.383 e. The van der Waals surface area contributed by atoms with Gasteiger partial charge in [0, 0.05) is 11.6 Å². The summed E-state index contributed by atoms with van der Waals surface area (Å²) in [5.41, 5.74) is 6.21. The number of hydrogen-bond acceptors (Lipinski definition) is 6. The van der Waals surface area contributed by atoms with Crippen molar-refractivity contribution in [2.24, 2.45) is 7.05 Å². The lowest BCUT2D eigenvalue weighted by atomic mass is 10.1. The summed E-state index contributed by atoms with van der Waals surface area (Å²) in [5.74, 6) is 0.162. The lowest BCUT2D eigenvalue weighted by Gasteiger charge is -2.06. The molecule has 2 aromatic heterocycles. The van der Waals surface area contributed by atoms with Crippen molar-refractivity contribution in [2.45, 2.75) is 0 Å². The maximum atomic E-state index is 12.2. The summed E-state index contributed by atoms with van der Waals surface area (Å²) < 4.78 is 0. The van der Waals surface area contributed by atoms with E-state index in [-0.39, 0.29) is 11.9 Å². The van der Waals surface area contributed by atoms with Crippen molar-refractivity contribution >= 4 is 28.4 Å². The van der Waals surface area contributed by atoms with Crippen LogP contribution in [0.2, 0.25) is 0 Å². The fourth-order valence-electron chi connectivity index (χ4n) is 1.90. The van der Waals surface area contributed by atoms with E-state index >= 15 is 0 Å². The van der Waals surface area contributed by atoms with Gasteiger partial charge in [-0.05, 0) is 10.6 Å². The summed E-state index contributed by atoms with van der Waals surface area (Å²) in [4.78, 5) is 17.5. The Morgan fingerprint density at radius 1 is 1.30 bits per heavy atom. The standard InChI is InChI=1S/C12H11N7O/c1-19-17-12(16-18-19)15-11(20)9-6-14-10(13)8-5-3-2-4-7(8)9/h2-6H,1H3,(H2,13,14)(H,15,17,20). The maximum Gasteiger partial charge on any atom is 0.270 e. The average molecular weight is 269 g/mol. The second kappa shape index (κ2) is 4.57. The number of pyridine rings is 1.